The van der Waals surface area contributed by atoms with E-state index >= 15 is 0 Å². The third kappa shape index (κ3) is 7.84. The summed E-state index contributed by atoms with van der Waals surface area (Å²) in [4.78, 5) is 23.1. The second-order valence-corrected chi connectivity index (χ2v) is 10.4. The highest BCUT2D eigenvalue weighted by Gasteiger charge is 2.13. The number of aryl methyl sites for hydroxylation is 3. The van der Waals surface area contributed by atoms with Gasteiger partial charge >= 0.3 is 0 Å². The van der Waals surface area contributed by atoms with Gasteiger partial charge in [0.2, 0.25) is 5.91 Å². The van der Waals surface area contributed by atoms with Gasteiger partial charge in [0.25, 0.3) is 0 Å². The molecule has 3 N–H and O–H groups in total. The van der Waals surface area contributed by atoms with Gasteiger partial charge in [-0.25, -0.2) is 10.5 Å². The molecule has 0 aliphatic rings. The van der Waals surface area contributed by atoms with E-state index in [1.54, 1.807) is 11.7 Å². The highest BCUT2D eigenvalue weighted by atomic mass is 16.5. The molecule has 2 aromatic carbocycles. The number of benzene rings is 2. The number of amides is 1. The van der Waals surface area contributed by atoms with Crippen LogP contribution in [0, 0.1) is 13.8 Å². The molecule has 4 rings (SSSR count). The van der Waals surface area contributed by atoms with Crippen molar-refractivity contribution in [1.82, 2.24) is 30.5 Å². The highest BCUT2D eigenvalue weighted by Crippen LogP contribution is 2.30. The summed E-state index contributed by atoms with van der Waals surface area (Å²) in [5, 5.41) is 16.6. The monoisotopic (exact) mass is 529 g/mol. The molecule has 0 radical (unpaired) electrons. The lowest BCUT2D eigenvalue weighted by atomic mass is 10.1. The number of rotatable bonds is 13. The fourth-order valence-corrected chi connectivity index (χ4v) is 4.70. The van der Waals surface area contributed by atoms with E-state index in [2.05, 4.69) is 78.3 Å². The quantitative estimate of drug-likeness (QED) is 0.122. The van der Waals surface area contributed by atoms with Gasteiger partial charge in [0.1, 0.15) is 0 Å². The second kappa shape index (κ2) is 13.3. The van der Waals surface area contributed by atoms with Crippen molar-refractivity contribution in [2.75, 3.05) is 18.0 Å². The molecule has 0 atom stereocenters. The Morgan fingerprint density at radius 1 is 1.00 bits per heavy atom. The first-order valence-electron chi connectivity index (χ1n) is 13.6. The van der Waals surface area contributed by atoms with Gasteiger partial charge in [0.05, 0.1) is 29.1 Å². The Balaban J connectivity index is 1.53. The van der Waals surface area contributed by atoms with Gasteiger partial charge in [0, 0.05) is 55.2 Å². The van der Waals surface area contributed by atoms with Crippen molar-refractivity contribution in [1.29, 1.82) is 0 Å². The molecule has 206 valence electrons. The van der Waals surface area contributed by atoms with Crippen molar-refractivity contribution >= 4 is 28.3 Å². The standard InChI is InChI=1S/C30H39N7O2/c1-21(2)31-11-13-37(26-15-22(3)14-23(4)16-26)25-9-10-27-28(17-25)34-29(19-32-27)24-18-33-36(20-24)12-7-5-6-8-30(38)35-39/h9-10,14-21,31,39H,5-8,11-13H2,1-4H3,(H,35,38). The third-order valence-corrected chi connectivity index (χ3v) is 6.59. The maximum absolute atomic E-state index is 11.1. The molecule has 4 aromatic rings. The number of carbonyl (C=O) groups excluding carboxylic acids is 1. The maximum atomic E-state index is 11.1. The summed E-state index contributed by atoms with van der Waals surface area (Å²) in [5.74, 6) is -0.348. The Bertz CT molecular complexity index is 1380. The van der Waals surface area contributed by atoms with Gasteiger partial charge in [-0.2, -0.15) is 5.10 Å². The zero-order valence-electron chi connectivity index (χ0n) is 23.3. The minimum atomic E-state index is -0.348. The van der Waals surface area contributed by atoms with Crippen molar-refractivity contribution in [2.45, 2.75) is 66.0 Å². The van der Waals surface area contributed by atoms with Crippen LogP contribution in [0.25, 0.3) is 22.3 Å². The van der Waals surface area contributed by atoms with Crippen molar-refractivity contribution < 1.29 is 10.0 Å². The van der Waals surface area contributed by atoms with Gasteiger partial charge in [0.15, 0.2) is 0 Å². The van der Waals surface area contributed by atoms with Crippen molar-refractivity contribution in [2.24, 2.45) is 0 Å². The van der Waals surface area contributed by atoms with Crippen LogP contribution in [0.4, 0.5) is 11.4 Å². The molecule has 9 heteroatoms. The average molecular weight is 530 g/mol. The van der Waals surface area contributed by atoms with E-state index < -0.39 is 0 Å². The topological polar surface area (TPSA) is 108 Å². The van der Waals surface area contributed by atoms with Gasteiger partial charge in [-0.15, -0.1) is 0 Å². The number of hydrogen-bond donors (Lipinski definition) is 3. The molecule has 0 saturated carbocycles. The Labute approximate surface area is 230 Å². The number of nitrogens with zero attached hydrogens (tertiary/aromatic N) is 5. The van der Waals surface area contributed by atoms with Crippen LogP contribution < -0.4 is 15.7 Å². The van der Waals surface area contributed by atoms with Crippen molar-refractivity contribution in [3.63, 3.8) is 0 Å². The summed E-state index contributed by atoms with van der Waals surface area (Å²) >= 11 is 0. The van der Waals surface area contributed by atoms with E-state index in [-0.39, 0.29) is 5.91 Å². The largest absolute Gasteiger partial charge is 0.340 e. The normalized spacial score (nSPS) is 11.3. The van der Waals surface area contributed by atoms with E-state index in [9.17, 15) is 4.79 Å². The number of hydroxylamine groups is 1. The smallest absolute Gasteiger partial charge is 0.243 e. The van der Waals surface area contributed by atoms with Crippen LogP contribution in [-0.2, 0) is 11.3 Å². The van der Waals surface area contributed by atoms with E-state index in [0.717, 1.165) is 66.9 Å². The molecular formula is C30H39N7O2. The first-order chi connectivity index (χ1) is 18.8. The van der Waals surface area contributed by atoms with Gasteiger partial charge in [-0.1, -0.05) is 26.3 Å². The van der Waals surface area contributed by atoms with Crippen LogP contribution in [0.15, 0.2) is 55.0 Å². The van der Waals surface area contributed by atoms with Crippen LogP contribution in [0.5, 0.6) is 0 Å². The lowest BCUT2D eigenvalue weighted by Gasteiger charge is -2.27. The molecule has 0 spiro atoms. The molecule has 2 aromatic heterocycles. The zero-order valence-corrected chi connectivity index (χ0v) is 23.3. The molecule has 2 heterocycles. The minimum absolute atomic E-state index is 0.324. The molecule has 39 heavy (non-hydrogen) atoms. The number of unbranched alkanes of at least 4 members (excludes halogenated alkanes) is 2. The molecule has 0 unspecified atom stereocenters. The van der Waals surface area contributed by atoms with Gasteiger partial charge in [-0.05, 0) is 68.1 Å². The third-order valence-electron chi connectivity index (χ3n) is 6.59. The van der Waals surface area contributed by atoms with Crippen LogP contribution in [0.3, 0.4) is 0 Å². The van der Waals surface area contributed by atoms with Gasteiger partial charge < -0.3 is 10.2 Å². The lowest BCUT2D eigenvalue weighted by molar-refractivity contribution is -0.129. The number of nitrogens with one attached hydrogen (secondary N) is 2. The summed E-state index contributed by atoms with van der Waals surface area (Å²) in [6.45, 7) is 11.0. The first-order valence-corrected chi connectivity index (χ1v) is 13.6. The summed E-state index contributed by atoms with van der Waals surface area (Å²) in [5.41, 5.74) is 9.78. The number of fused-ring (bicyclic) bond motifs is 1. The van der Waals surface area contributed by atoms with Gasteiger partial charge in [-0.3, -0.25) is 19.7 Å². The predicted octanol–water partition coefficient (Wildman–Crippen LogP) is 5.31. The summed E-state index contributed by atoms with van der Waals surface area (Å²) in [6, 6.07) is 13.3. The minimum Gasteiger partial charge on any atom is -0.340 e. The highest BCUT2D eigenvalue weighted by molar-refractivity contribution is 5.82. The summed E-state index contributed by atoms with van der Waals surface area (Å²) in [7, 11) is 0. The second-order valence-electron chi connectivity index (χ2n) is 10.4. The number of hydrogen-bond acceptors (Lipinski definition) is 7. The molecule has 0 saturated heterocycles. The van der Waals surface area contributed by atoms with Crippen LogP contribution in [0.2, 0.25) is 0 Å². The Morgan fingerprint density at radius 2 is 1.79 bits per heavy atom. The molecule has 9 nitrogen and oxygen atoms in total. The number of aromatic nitrogens is 4. The average Bonchev–Trinajstić information content (AvgIpc) is 3.38. The first kappa shape index (κ1) is 28.2. The Morgan fingerprint density at radius 3 is 2.54 bits per heavy atom. The molecule has 1 amide bonds. The van der Waals surface area contributed by atoms with E-state index in [1.165, 1.54) is 16.8 Å². The summed E-state index contributed by atoms with van der Waals surface area (Å²) < 4.78 is 1.90. The van der Waals surface area contributed by atoms with Crippen molar-refractivity contribution in [3.8, 4) is 11.3 Å². The van der Waals surface area contributed by atoms with Crippen molar-refractivity contribution in [3.05, 3.63) is 66.1 Å². The lowest BCUT2D eigenvalue weighted by Crippen LogP contribution is -2.32. The van der Waals surface area contributed by atoms with E-state index in [1.807, 2.05) is 23.1 Å². The molecule has 0 bridgehead atoms. The predicted molar refractivity (Wildman–Crippen MR) is 155 cm³/mol. The fourth-order valence-electron chi connectivity index (χ4n) is 4.70. The zero-order chi connectivity index (χ0) is 27.8. The number of carbonyl (C=O) groups is 1. The fraction of sp³-hybridized carbons (Fsp3) is 0.400. The molecule has 0 aliphatic carbocycles. The van der Waals surface area contributed by atoms with E-state index in [0.29, 0.717) is 12.5 Å². The molecule has 0 aliphatic heterocycles. The van der Waals surface area contributed by atoms with E-state index in [4.69, 9.17) is 10.2 Å². The number of anilines is 2. The summed E-state index contributed by atoms with van der Waals surface area (Å²) in [6.07, 6.45) is 8.43. The molecular weight excluding hydrogens is 490 g/mol. The molecule has 0 fully saturated rings. The van der Waals surface area contributed by atoms with Crippen LogP contribution >= 0.6 is 0 Å². The SMILES string of the molecule is Cc1cc(C)cc(N(CCNC(C)C)c2ccc3ncc(-c4cnn(CCCCCC(=O)NO)c4)nc3c2)c1. The Kier molecular flexibility index (Phi) is 9.62. The Hall–Kier alpha value is -3.82. The van der Waals surface area contributed by atoms with Crippen LogP contribution in [0.1, 0.15) is 50.7 Å². The maximum Gasteiger partial charge on any atom is 0.243 e. The van der Waals surface area contributed by atoms with Crippen LogP contribution in [-0.4, -0.2) is 50.0 Å².